The smallest absolute Gasteiger partial charge is 0.273 e. The van der Waals surface area contributed by atoms with Gasteiger partial charge in [-0.15, -0.1) is 0 Å². The molecule has 7 nitrogen and oxygen atoms in total. The van der Waals surface area contributed by atoms with Gasteiger partial charge in [0.25, 0.3) is 11.8 Å². The van der Waals surface area contributed by atoms with E-state index in [1.54, 1.807) is 12.1 Å². The molecule has 3 aromatic rings. The fourth-order valence-corrected chi connectivity index (χ4v) is 2.81. The normalized spacial score (nSPS) is 10.2. The Labute approximate surface area is 172 Å². The second-order valence-electron chi connectivity index (χ2n) is 6.23. The van der Waals surface area contributed by atoms with Gasteiger partial charge < -0.3 is 9.84 Å². The number of hydrazine groups is 1. The maximum atomic E-state index is 12.3. The van der Waals surface area contributed by atoms with E-state index in [1.165, 1.54) is 6.07 Å². The van der Waals surface area contributed by atoms with Crippen molar-refractivity contribution < 1.29 is 19.4 Å². The monoisotopic (exact) mass is 409 g/mol. The van der Waals surface area contributed by atoms with E-state index >= 15 is 0 Å². The number of amides is 2. The lowest BCUT2D eigenvalue weighted by atomic mass is 10.1. The van der Waals surface area contributed by atoms with Crippen LogP contribution in [0.5, 0.6) is 11.5 Å². The Morgan fingerprint density at radius 2 is 1.66 bits per heavy atom. The van der Waals surface area contributed by atoms with E-state index in [0.717, 1.165) is 16.3 Å². The van der Waals surface area contributed by atoms with Crippen molar-refractivity contribution in [2.24, 2.45) is 0 Å². The van der Waals surface area contributed by atoms with Gasteiger partial charge >= 0.3 is 0 Å². The number of thiocarbonyl (C=S) groups is 1. The molecule has 0 aromatic heterocycles. The predicted octanol–water partition coefficient (Wildman–Crippen LogP) is 2.57. The quantitative estimate of drug-likeness (QED) is 0.390. The zero-order chi connectivity index (χ0) is 20.8. The van der Waals surface area contributed by atoms with Crippen molar-refractivity contribution in [3.05, 3.63) is 71.8 Å². The van der Waals surface area contributed by atoms with Gasteiger partial charge in [-0.2, -0.15) is 0 Å². The first-order valence-corrected chi connectivity index (χ1v) is 9.15. The van der Waals surface area contributed by atoms with E-state index in [0.29, 0.717) is 5.75 Å². The van der Waals surface area contributed by atoms with Crippen LogP contribution in [0.2, 0.25) is 0 Å². The number of rotatable bonds is 4. The third-order valence-corrected chi connectivity index (χ3v) is 4.31. The lowest BCUT2D eigenvalue weighted by Crippen LogP contribution is -2.49. The molecule has 4 N–H and O–H groups in total. The summed E-state index contributed by atoms with van der Waals surface area (Å²) in [7, 11) is 0. The second kappa shape index (κ2) is 9.03. The first kappa shape index (κ1) is 20.1. The Balaban J connectivity index is 1.51. The first-order valence-electron chi connectivity index (χ1n) is 8.74. The minimum atomic E-state index is -0.596. The fourth-order valence-electron chi connectivity index (χ4n) is 2.65. The van der Waals surface area contributed by atoms with Gasteiger partial charge in [0.2, 0.25) is 0 Å². The summed E-state index contributed by atoms with van der Waals surface area (Å²) in [5, 5.41) is 14.0. The van der Waals surface area contributed by atoms with Crippen LogP contribution in [0.25, 0.3) is 10.8 Å². The van der Waals surface area contributed by atoms with Gasteiger partial charge in [-0.05, 0) is 53.7 Å². The number of carbonyl (C=O) groups is 2. The molecule has 0 radical (unpaired) electrons. The molecular formula is C21H19N3O4S. The molecule has 0 unspecified atom stereocenters. The molecule has 0 fully saturated rings. The number of para-hydroxylation sites is 1. The number of aromatic hydroxyl groups is 1. The van der Waals surface area contributed by atoms with Crippen molar-refractivity contribution in [3.8, 4) is 11.5 Å². The molecule has 8 heteroatoms. The molecule has 0 heterocycles. The van der Waals surface area contributed by atoms with Gasteiger partial charge in [-0.1, -0.05) is 42.5 Å². The number of nitrogens with one attached hydrogen (secondary N) is 3. The number of phenols is 1. The van der Waals surface area contributed by atoms with Crippen LogP contribution < -0.4 is 20.9 Å². The molecule has 3 rings (SSSR count). The highest BCUT2D eigenvalue weighted by atomic mass is 32.1. The SMILES string of the molecule is Cc1ccccc1OCC(=O)NC(=S)NNC(=O)c1cc2ccccc2cc1O. The van der Waals surface area contributed by atoms with Gasteiger partial charge in [-0.25, -0.2) is 0 Å². The van der Waals surface area contributed by atoms with Crippen LogP contribution in [0.4, 0.5) is 0 Å². The van der Waals surface area contributed by atoms with Crippen LogP contribution in [-0.4, -0.2) is 28.6 Å². The Bertz CT molecular complexity index is 1080. The van der Waals surface area contributed by atoms with Crippen molar-refractivity contribution in [2.45, 2.75) is 6.92 Å². The summed E-state index contributed by atoms with van der Waals surface area (Å²) in [6.45, 7) is 1.64. The lowest BCUT2D eigenvalue weighted by Gasteiger charge is -2.13. The van der Waals surface area contributed by atoms with E-state index in [9.17, 15) is 14.7 Å². The van der Waals surface area contributed by atoms with Crippen LogP contribution >= 0.6 is 12.2 Å². The molecule has 3 aromatic carbocycles. The molecule has 0 spiro atoms. The van der Waals surface area contributed by atoms with E-state index < -0.39 is 11.8 Å². The van der Waals surface area contributed by atoms with Crippen LogP contribution in [0.3, 0.4) is 0 Å². The Kier molecular flexibility index (Phi) is 6.25. The van der Waals surface area contributed by atoms with Crippen LogP contribution in [0.1, 0.15) is 15.9 Å². The predicted molar refractivity (Wildman–Crippen MR) is 114 cm³/mol. The maximum Gasteiger partial charge on any atom is 0.273 e. The highest BCUT2D eigenvalue weighted by Gasteiger charge is 2.13. The minimum Gasteiger partial charge on any atom is -0.507 e. The molecular weight excluding hydrogens is 390 g/mol. The van der Waals surface area contributed by atoms with Gasteiger partial charge in [-0.3, -0.25) is 25.8 Å². The van der Waals surface area contributed by atoms with E-state index in [4.69, 9.17) is 17.0 Å². The number of carbonyl (C=O) groups excluding carboxylic acids is 2. The average Bonchev–Trinajstić information content (AvgIpc) is 2.71. The van der Waals surface area contributed by atoms with Crippen molar-refractivity contribution >= 4 is 39.9 Å². The molecule has 0 aliphatic carbocycles. The van der Waals surface area contributed by atoms with Gasteiger partial charge in [0.1, 0.15) is 11.5 Å². The van der Waals surface area contributed by atoms with E-state index in [2.05, 4.69) is 16.2 Å². The van der Waals surface area contributed by atoms with Crippen molar-refractivity contribution in [2.75, 3.05) is 6.61 Å². The van der Waals surface area contributed by atoms with Gasteiger partial charge in [0.15, 0.2) is 11.7 Å². The molecule has 29 heavy (non-hydrogen) atoms. The number of aryl methyl sites for hydroxylation is 1. The largest absolute Gasteiger partial charge is 0.507 e. The van der Waals surface area contributed by atoms with Crippen LogP contribution in [0.15, 0.2) is 60.7 Å². The third kappa shape index (κ3) is 5.20. The molecule has 0 bridgehead atoms. The first-order chi connectivity index (χ1) is 13.9. The summed E-state index contributed by atoms with van der Waals surface area (Å²) in [6.07, 6.45) is 0. The third-order valence-electron chi connectivity index (χ3n) is 4.10. The summed E-state index contributed by atoms with van der Waals surface area (Å²) in [5.41, 5.74) is 5.76. The summed E-state index contributed by atoms with van der Waals surface area (Å²) in [5.74, 6) is -0.638. The molecule has 0 aliphatic rings. The summed E-state index contributed by atoms with van der Waals surface area (Å²) in [4.78, 5) is 24.3. The number of hydrogen-bond acceptors (Lipinski definition) is 5. The van der Waals surface area contributed by atoms with Gasteiger partial charge in [0.05, 0.1) is 5.56 Å². The Hall–Kier alpha value is -3.65. The Morgan fingerprint density at radius 1 is 1.00 bits per heavy atom. The number of phenolic OH excluding ortho intramolecular Hbond substituents is 1. The van der Waals surface area contributed by atoms with E-state index in [-0.39, 0.29) is 23.0 Å². The summed E-state index contributed by atoms with van der Waals surface area (Å²) >= 11 is 4.99. The van der Waals surface area contributed by atoms with Gasteiger partial charge in [0, 0.05) is 0 Å². The Morgan fingerprint density at radius 3 is 2.38 bits per heavy atom. The second-order valence-corrected chi connectivity index (χ2v) is 6.64. The average molecular weight is 409 g/mol. The van der Waals surface area contributed by atoms with Crippen LogP contribution in [-0.2, 0) is 4.79 Å². The molecule has 0 saturated carbocycles. The number of ether oxygens (including phenoxy) is 1. The number of hydrogen-bond donors (Lipinski definition) is 4. The standard InChI is InChI=1S/C21H19N3O4S/c1-13-6-2-5-9-18(13)28-12-19(26)22-21(29)24-23-20(27)16-10-14-7-3-4-8-15(14)11-17(16)25/h2-11,25H,12H2,1H3,(H,23,27)(H2,22,24,26,29). The zero-order valence-corrected chi connectivity index (χ0v) is 16.4. The molecule has 0 saturated heterocycles. The lowest BCUT2D eigenvalue weighted by molar-refractivity contribution is -0.121. The molecule has 148 valence electrons. The highest BCUT2D eigenvalue weighted by molar-refractivity contribution is 7.80. The maximum absolute atomic E-state index is 12.3. The molecule has 0 aliphatic heterocycles. The number of fused-ring (bicyclic) bond motifs is 1. The van der Waals surface area contributed by atoms with Crippen LogP contribution in [0, 0.1) is 6.92 Å². The highest BCUT2D eigenvalue weighted by Crippen LogP contribution is 2.24. The molecule has 0 atom stereocenters. The minimum absolute atomic E-state index is 0.0770. The van der Waals surface area contributed by atoms with Crippen molar-refractivity contribution in [1.29, 1.82) is 0 Å². The summed E-state index contributed by atoms with van der Waals surface area (Å²) < 4.78 is 5.43. The van der Waals surface area contributed by atoms with E-state index in [1.807, 2.05) is 49.4 Å². The molecule has 2 amide bonds. The fraction of sp³-hybridized carbons (Fsp3) is 0.0952. The summed E-state index contributed by atoms with van der Waals surface area (Å²) in [6, 6.07) is 17.7. The number of benzene rings is 3. The van der Waals surface area contributed by atoms with Crippen molar-refractivity contribution in [1.82, 2.24) is 16.2 Å². The topological polar surface area (TPSA) is 99.7 Å². The van der Waals surface area contributed by atoms with Crippen molar-refractivity contribution in [3.63, 3.8) is 0 Å². The zero-order valence-electron chi connectivity index (χ0n) is 15.6.